The zero-order chi connectivity index (χ0) is 24.6. The number of pyridine rings is 1. The summed E-state index contributed by atoms with van der Waals surface area (Å²) in [5.41, 5.74) is 2.13. The third-order valence-corrected chi connectivity index (χ3v) is 6.73. The van der Waals surface area contributed by atoms with E-state index in [0.29, 0.717) is 38.9 Å². The Hall–Kier alpha value is -4.31. The molecule has 35 heavy (non-hydrogen) atoms. The SMILES string of the molecule is COc1cc(-c2cc(F)cc(F)c2)ccc1-c1nccc2cc(S(=O)(=O)Nc3ccon3)ccc12. The van der Waals surface area contributed by atoms with Gasteiger partial charge in [-0.1, -0.05) is 17.3 Å². The number of nitrogens with one attached hydrogen (secondary N) is 1. The Morgan fingerprint density at radius 1 is 0.914 bits per heavy atom. The minimum Gasteiger partial charge on any atom is -0.496 e. The molecule has 0 unspecified atom stereocenters. The summed E-state index contributed by atoms with van der Waals surface area (Å²) in [5.74, 6) is -0.842. The van der Waals surface area contributed by atoms with Crippen LogP contribution in [0.15, 0.2) is 88.6 Å². The van der Waals surface area contributed by atoms with E-state index in [9.17, 15) is 17.2 Å². The Kier molecular flexibility index (Phi) is 5.65. The van der Waals surface area contributed by atoms with Crippen molar-refractivity contribution < 1.29 is 26.5 Å². The van der Waals surface area contributed by atoms with Crippen molar-refractivity contribution in [2.45, 2.75) is 4.90 Å². The molecular formula is C25H17F2N3O4S. The lowest BCUT2D eigenvalue weighted by molar-refractivity contribution is 0.416. The van der Waals surface area contributed by atoms with Crippen LogP contribution in [-0.2, 0) is 10.0 Å². The summed E-state index contributed by atoms with van der Waals surface area (Å²) in [6, 6.07) is 16.2. The highest BCUT2D eigenvalue weighted by molar-refractivity contribution is 7.92. The Labute approximate surface area is 199 Å². The molecule has 2 aromatic heterocycles. The maximum Gasteiger partial charge on any atom is 0.263 e. The number of rotatable bonds is 6. The largest absolute Gasteiger partial charge is 0.496 e. The summed E-state index contributed by atoms with van der Waals surface area (Å²) in [4.78, 5) is 4.52. The molecule has 1 N–H and O–H groups in total. The van der Waals surface area contributed by atoms with E-state index in [1.165, 1.54) is 43.7 Å². The summed E-state index contributed by atoms with van der Waals surface area (Å²) in [6.45, 7) is 0. The van der Waals surface area contributed by atoms with Gasteiger partial charge in [0.25, 0.3) is 10.0 Å². The second-order valence-electron chi connectivity index (χ2n) is 7.61. The molecular weight excluding hydrogens is 476 g/mol. The molecule has 5 rings (SSSR count). The highest BCUT2D eigenvalue weighted by Crippen LogP contribution is 2.37. The van der Waals surface area contributed by atoms with Crippen LogP contribution < -0.4 is 9.46 Å². The minimum absolute atomic E-state index is 0.0422. The molecule has 3 aromatic carbocycles. The monoisotopic (exact) mass is 493 g/mol. The molecule has 0 saturated carbocycles. The van der Waals surface area contributed by atoms with E-state index in [4.69, 9.17) is 4.74 Å². The molecule has 0 radical (unpaired) electrons. The molecule has 0 aliphatic rings. The number of fused-ring (bicyclic) bond motifs is 1. The normalized spacial score (nSPS) is 11.5. The van der Waals surface area contributed by atoms with Gasteiger partial charge in [0.2, 0.25) is 0 Å². The lowest BCUT2D eigenvalue weighted by Gasteiger charge is -2.13. The number of nitrogens with zero attached hydrogens (tertiary/aromatic N) is 2. The van der Waals surface area contributed by atoms with Crippen molar-refractivity contribution in [2.24, 2.45) is 0 Å². The molecule has 176 valence electrons. The van der Waals surface area contributed by atoms with E-state index in [1.807, 2.05) is 0 Å². The van der Waals surface area contributed by atoms with Crippen LogP contribution in [0.3, 0.4) is 0 Å². The molecule has 7 nitrogen and oxygen atoms in total. The van der Waals surface area contributed by atoms with Gasteiger partial charge in [-0.15, -0.1) is 0 Å². The fourth-order valence-corrected chi connectivity index (χ4v) is 4.81. The topological polar surface area (TPSA) is 94.3 Å². The molecule has 0 aliphatic heterocycles. The van der Waals surface area contributed by atoms with E-state index < -0.39 is 21.7 Å². The third kappa shape index (κ3) is 4.43. The van der Waals surface area contributed by atoms with Crippen molar-refractivity contribution in [1.82, 2.24) is 10.1 Å². The molecule has 0 spiro atoms. The molecule has 0 atom stereocenters. The van der Waals surface area contributed by atoms with E-state index in [0.717, 1.165) is 6.07 Å². The van der Waals surface area contributed by atoms with Crippen LogP contribution in [0, 0.1) is 11.6 Å². The highest BCUT2D eigenvalue weighted by atomic mass is 32.2. The summed E-state index contributed by atoms with van der Waals surface area (Å²) in [5, 5.41) is 4.90. The fraction of sp³-hybridized carbons (Fsp3) is 0.0400. The number of benzene rings is 3. The molecule has 0 aliphatic carbocycles. The van der Waals surface area contributed by atoms with Crippen molar-refractivity contribution in [1.29, 1.82) is 0 Å². The maximum absolute atomic E-state index is 13.7. The summed E-state index contributed by atoms with van der Waals surface area (Å²) < 4.78 is 65.5. The highest BCUT2D eigenvalue weighted by Gasteiger charge is 2.18. The predicted octanol–water partition coefficient (Wildman–Crippen LogP) is 5.64. The molecule has 0 amide bonds. The number of anilines is 1. The van der Waals surface area contributed by atoms with Gasteiger partial charge in [-0.25, -0.2) is 17.2 Å². The minimum atomic E-state index is -3.89. The first-order valence-corrected chi connectivity index (χ1v) is 11.8. The summed E-state index contributed by atoms with van der Waals surface area (Å²) >= 11 is 0. The number of halogens is 2. The molecule has 0 bridgehead atoms. The average Bonchev–Trinajstić information content (AvgIpc) is 3.34. The molecule has 10 heteroatoms. The van der Waals surface area contributed by atoms with Crippen molar-refractivity contribution >= 4 is 26.6 Å². The van der Waals surface area contributed by atoms with Crippen LogP contribution in [0.5, 0.6) is 5.75 Å². The van der Waals surface area contributed by atoms with Gasteiger partial charge in [0, 0.05) is 29.3 Å². The van der Waals surface area contributed by atoms with Gasteiger partial charge in [0.15, 0.2) is 5.82 Å². The lowest BCUT2D eigenvalue weighted by Crippen LogP contribution is -2.13. The van der Waals surface area contributed by atoms with Gasteiger partial charge >= 0.3 is 0 Å². The first kappa shape index (κ1) is 22.5. The molecule has 0 fully saturated rings. The maximum atomic E-state index is 13.7. The van der Waals surface area contributed by atoms with E-state index in [2.05, 4.69) is 19.4 Å². The van der Waals surface area contributed by atoms with Crippen LogP contribution in [0.1, 0.15) is 0 Å². The predicted molar refractivity (Wildman–Crippen MR) is 126 cm³/mol. The van der Waals surface area contributed by atoms with Gasteiger partial charge in [-0.05, 0) is 59.0 Å². The van der Waals surface area contributed by atoms with E-state index in [1.54, 1.807) is 36.5 Å². The van der Waals surface area contributed by atoms with Crippen LogP contribution in [0.2, 0.25) is 0 Å². The van der Waals surface area contributed by atoms with Gasteiger partial charge in [0.05, 0.1) is 17.7 Å². The van der Waals surface area contributed by atoms with Crippen molar-refractivity contribution in [2.75, 3.05) is 11.8 Å². The molecule has 2 heterocycles. The Balaban J connectivity index is 1.57. The average molecular weight is 493 g/mol. The first-order valence-electron chi connectivity index (χ1n) is 10.3. The number of methoxy groups -OCH3 is 1. The third-order valence-electron chi connectivity index (χ3n) is 5.38. The van der Waals surface area contributed by atoms with Gasteiger partial charge in [-0.3, -0.25) is 9.71 Å². The second-order valence-corrected chi connectivity index (χ2v) is 9.29. The van der Waals surface area contributed by atoms with Crippen LogP contribution in [0.25, 0.3) is 33.2 Å². The quantitative estimate of drug-likeness (QED) is 0.329. The number of sulfonamides is 1. The fourth-order valence-electron chi connectivity index (χ4n) is 3.79. The summed E-state index contributed by atoms with van der Waals surface area (Å²) in [7, 11) is -2.40. The Morgan fingerprint density at radius 2 is 1.71 bits per heavy atom. The smallest absolute Gasteiger partial charge is 0.263 e. The zero-order valence-electron chi connectivity index (χ0n) is 18.2. The van der Waals surface area contributed by atoms with Crippen molar-refractivity contribution in [3.63, 3.8) is 0 Å². The molecule has 5 aromatic rings. The zero-order valence-corrected chi connectivity index (χ0v) is 19.0. The summed E-state index contributed by atoms with van der Waals surface area (Å²) in [6.07, 6.45) is 2.83. The van der Waals surface area contributed by atoms with Crippen molar-refractivity contribution in [3.05, 3.63) is 90.8 Å². The number of hydrogen-bond acceptors (Lipinski definition) is 6. The standard InChI is InChI=1S/C25H17F2N3O4S/c1-33-23-13-15(17-10-18(26)14-19(27)11-17)2-4-22(23)25-21-5-3-20(12-16(21)6-8-28-25)35(31,32)30-24-7-9-34-29-24/h2-14H,1H3,(H,29,30). The van der Waals surface area contributed by atoms with Gasteiger partial charge < -0.3 is 9.26 Å². The Bertz CT molecular complexity index is 1640. The first-order chi connectivity index (χ1) is 16.8. The second kappa shape index (κ2) is 8.80. The van der Waals surface area contributed by atoms with Crippen molar-refractivity contribution in [3.8, 4) is 28.1 Å². The lowest BCUT2D eigenvalue weighted by atomic mass is 9.99. The van der Waals surface area contributed by atoms with Gasteiger partial charge in [-0.2, -0.15) is 0 Å². The van der Waals surface area contributed by atoms with Gasteiger partial charge in [0.1, 0.15) is 23.6 Å². The van der Waals surface area contributed by atoms with Crippen LogP contribution in [0.4, 0.5) is 14.6 Å². The van der Waals surface area contributed by atoms with E-state index in [-0.39, 0.29) is 10.7 Å². The molecule has 0 saturated heterocycles. The van der Waals surface area contributed by atoms with Crippen LogP contribution >= 0.6 is 0 Å². The van der Waals surface area contributed by atoms with Crippen LogP contribution in [-0.4, -0.2) is 25.7 Å². The number of aromatic nitrogens is 2. The van der Waals surface area contributed by atoms with E-state index >= 15 is 0 Å². The number of ether oxygens (including phenoxy) is 1. The number of hydrogen-bond donors (Lipinski definition) is 1. The Morgan fingerprint density at radius 3 is 2.43 bits per heavy atom.